The van der Waals surface area contributed by atoms with Crippen LogP contribution in [0.1, 0.15) is 44.9 Å². The molecule has 0 aromatic carbocycles. The van der Waals surface area contributed by atoms with Gasteiger partial charge in [0.1, 0.15) is 0 Å². The van der Waals surface area contributed by atoms with Gasteiger partial charge in [-0.25, -0.2) is 0 Å². The van der Waals surface area contributed by atoms with Crippen LogP contribution in [-0.4, -0.2) is 23.9 Å². The van der Waals surface area contributed by atoms with E-state index in [0.717, 1.165) is 32.1 Å². The second-order valence-corrected chi connectivity index (χ2v) is 5.72. The molecule has 3 saturated carbocycles. The van der Waals surface area contributed by atoms with Crippen LogP contribution in [0, 0.1) is 11.8 Å². The molecular weight excluding hydrogens is 216 g/mol. The Balaban J connectivity index is 1.43. The second-order valence-electron chi connectivity index (χ2n) is 5.72. The molecule has 0 aromatic rings. The molecule has 3 aliphatic carbocycles. The van der Waals surface area contributed by atoms with Crippen molar-refractivity contribution in [3.05, 3.63) is 0 Å². The van der Waals surface area contributed by atoms with E-state index in [1.165, 1.54) is 12.8 Å². The van der Waals surface area contributed by atoms with Gasteiger partial charge in [-0.3, -0.25) is 9.59 Å². The highest BCUT2D eigenvalue weighted by Crippen LogP contribution is 2.39. The summed E-state index contributed by atoms with van der Waals surface area (Å²) >= 11 is 0. The van der Waals surface area contributed by atoms with E-state index in [1.807, 2.05) is 0 Å². The highest BCUT2D eigenvalue weighted by Gasteiger charge is 2.49. The van der Waals surface area contributed by atoms with Crippen LogP contribution in [0.25, 0.3) is 0 Å². The molecule has 4 heteroatoms. The van der Waals surface area contributed by atoms with Crippen molar-refractivity contribution in [3.8, 4) is 0 Å². The topological polar surface area (TPSA) is 58.2 Å². The third-order valence-electron chi connectivity index (χ3n) is 4.09. The maximum atomic E-state index is 11.9. The SMILES string of the molecule is O=C(NC1CCCC1)C1CC1C(=O)NC1CC1. The molecule has 3 aliphatic rings. The molecular formula is C13H20N2O2. The summed E-state index contributed by atoms with van der Waals surface area (Å²) in [6.07, 6.45) is 7.63. The zero-order chi connectivity index (χ0) is 11.8. The molecule has 2 atom stereocenters. The Kier molecular flexibility index (Phi) is 2.81. The van der Waals surface area contributed by atoms with Crippen molar-refractivity contribution in [2.75, 3.05) is 0 Å². The van der Waals surface area contributed by atoms with Crippen molar-refractivity contribution in [2.45, 2.75) is 57.0 Å². The van der Waals surface area contributed by atoms with Crippen molar-refractivity contribution in [1.29, 1.82) is 0 Å². The fourth-order valence-electron chi connectivity index (χ4n) is 2.69. The molecule has 0 bridgehead atoms. The van der Waals surface area contributed by atoms with Gasteiger partial charge in [-0.1, -0.05) is 12.8 Å². The Morgan fingerprint density at radius 2 is 1.24 bits per heavy atom. The third kappa shape index (κ3) is 2.61. The Bertz CT molecular complexity index is 332. The number of hydrogen-bond acceptors (Lipinski definition) is 2. The van der Waals surface area contributed by atoms with Crippen LogP contribution in [0.2, 0.25) is 0 Å². The first kappa shape index (κ1) is 11.1. The van der Waals surface area contributed by atoms with Crippen LogP contribution >= 0.6 is 0 Å². The number of amides is 2. The molecule has 3 fully saturated rings. The van der Waals surface area contributed by atoms with Crippen molar-refractivity contribution < 1.29 is 9.59 Å². The summed E-state index contributed by atoms with van der Waals surface area (Å²) in [5.74, 6) is 0.110. The highest BCUT2D eigenvalue weighted by molar-refractivity contribution is 5.92. The zero-order valence-corrected chi connectivity index (χ0v) is 10.1. The van der Waals surface area contributed by atoms with Crippen LogP contribution in [0.4, 0.5) is 0 Å². The van der Waals surface area contributed by atoms with Gasteiger partial charge >= 0.3 is 0 Å². The monoisotopic (exact) mass is 236 g/mol. The van der Waals surface area contributed by atoms with E-state index >= 15 is 0 Å². The minimum absolute atomic E-state index is 0.0444. The van der Waals surface area contributed by atoms with Gasteiger partial charge in [-0.15, -0.1) is 0 Å². The van der Waals surface area contributed by atoms with Crippen LogP contribution in [-0.2, 0) is 9.59 Å². The molecule has 0 spiro atoms. The summed E-state index contributed by atoms with van der Waals surface area (Å²) in [5.41, 5.74) is 0. The smallest absolute Gasteiger partial charge is 0.224 e. The van der Waals surface area contributed by atoms with Crippen LogP contribution in [0.15, 0.2) is 0 Å². The third-order valence-corrected chi connectivity index (χ3v) is 4.09. The predicted octanol–water partition coefficient (Wildman–Crippen LogP) is 0.960. The standard InChI is InChI=1S/C13H20N2O2/c16-12(14-8-3-1-2-4-8)10-7-11(10)13(17)15-9-5-6-9/h8-11H,1-7H2,(H,14,16)(H,15,17). The van der Waals surface area contributed by atoms with E-state index in [1.54, 1.807) is 0 Å². The molecule has 4 nitrogen and oxygen atoms in total. The zero-order valence-electron chi connectivity index (χ0n) is 10.1. The average Bonchev–Trinajstić information content (AvgIpc) is 3.19. The van der Waals surface area contributed by atoms with Crippen LogP contribution < -0.4 is 10.6 Å². The molecule has 0 aliphatic heterocycles. The quantitative estimate of drug-likeness (QED) is 0.764. The van der Waals surface area contributed by atoms with Gasteiger partial charge < -0.3 is 10.6 Å². The average molecular weight is 236 g/mol. The first-order valence-electron chi connectivity index (χ1n) is 6.85. The lowest BCUT2D eigenvalue weighted by atomic mass is 10.2. The minimum atomic E-state index is -0.0469. The fourth-order valence-corrected chi connectivity index (χ4v) is 2.69. The van der Waals surface area contributed by atoms with Gasteiger partial charge in [0, 0.05) is 12.1 Å². The van der Waals surface area contributed by atoms with Gasteiger partial charge in [0.05, 0.1) is 11.8 Å². The van der Waals surface area contributed by atoms with Crippen LogP contribution in [0.3, 0.4) is 0 Å². The lowest BCUT2D eigenvalue weighted by molar-refractivity contribution is -0.127. The van der Waals surface area contributed by atoms with Crippen molar-refractivity contribution in [3.63, 3.8) is 0 Å². The van der Waals surface area contributed by atoms with Crippen molar-refractivity contribution in [2.24, 2.45) is 11.8 Å². The Morgan fingerprint density at radius 1 is 0.765 bits per heavy atom. The first-order chi connectivity index (χ1) is 8.24. The Morgan fingerprint density at radius 3 is 1.71 bits per heavy atom. The van der Waals surface area contributed by atoms with Gasteiger partial charge in [0.25, 0.3) is 0 Å². The van der Waals surface area contributed by atoms with Crippen molar-refractivity contribution in [1.82, 2.24) is 10.6 Å². The van der Waals surface area contributed by atoms with Crippen molar-refractivity contribution >= 4 is 11.8 Å². The number of carbonyl (C=O) groups excluding carboxylic acids is 2. The summed E-state index contributed by atoms with van der Waals surface area (Å²) in [7, 11) is 0. The van der Waals surface area contributed by atoms with E-state index in [9.17, 15) is 9.59 Å². The van der Waals surface area contributed by atoms with Gasteiger partial charge in [-0.2, -0.15) is 0 Å². The fraction of sp³-hybridized carbons (Fsp3) is 0.846. The van der Waals surface area contributed by atoms with E-state index in [2.05, 4.69) is 10.6 Å². The predicted molar refractivity (Wildman–Crippen MR) is 63.2 cm³/mol. The molecule has 0 saturated heterocycles. The second kappa shape index (κ2) is 4.31. The molecule has 2 N–H and O–H groups in total. The normalized spacial score (nSPS) is 32.2. The van der Waals surface area contributed by atoms with Gasteiger partial charge in [0.2, 0.25) is 11.8 Å². The molecule has 2 unspecified atom stereocenters. The largest absolute Gasteiger partial charge is 0.353 e. The van der Waals surface area contributed by atoms with E-state index in [-0.39, 0.29) is 23.7 Å². The molecule has 0 heterocycles. The lowest BCUT2D eigenvalue weighted by Gasteiger charge is -2.11. The number of rotatable bonds is 4. The number of carbonyl (C=O) groups is 2. The maximum absolute atomic E-state index is 11.9. The van der Waals surface area contributed by atoms with E-state index in [4.69, 9.17) is 0 Å². The van der Waals surface area contributed by atoms with Crippen LogP contribution in [0.5, 0.6) is 0 Å². The molecule has 3 rings (SSSR count). The lowest BCUT2D eigenvalue weighted by Crippen LogP contribution is -2.35. The molecule has 17 heavy (non-hydrogen) atoms. The summed E-state index contributed by atoms with van der Waals surface area (Å²) in [4.78, 5) is 23.6. The summed E-state index contributed by atoms with van der Waals surface area (Å²) in [6.45, 7) is 0. The maximum Gasteiger partial charge on any atom is 0.224 e. The summed E-state index contributed by atoms with van der Waals surface area (Å²) < 4.78 is 0. The molecule has 94 valence electrons. The minimum Gasteiger partial charge on any atom is -0.353 e. The van der Waals surface area contributed by atoms with E-state index in [0.29, 0.717) is 12.1 Å². The van der Waals surface area contributed by atoms with E-state index < -0.39 is 0 Å². The molecule has 2 amide bonds. The van der Waals surface area contributed by atoms with Gasteiger partial charge in [-0.05, 0) is 32.1 Å². The van der Waals surface area contributed by atoms with Gasteiger partial charge in [0.15, 0.2) is 0 Å². The highest BCUT2D eigenvalue weighted by atomic mass is 16.2. The summed E-state index contributed by atoms with van der Waals surface area (Å²) in [6, 6.07) is 0.775. The Labute approximate surface area is 102 Å². The number of hydrogen-bond donors (Lipinski definition) is 2. The molecule has 0 aromatic heterocycles. The summed E-state index contributed by atoms with van der Waals surface area (Å²) in [5, 5.41) is 6.05. The first-order valence-corrected chi connectivity index (χ1v) is 6.85. The Hall–Kier alpha value is -1.06. The molecule has 0 radical (unpaired) electrons. The number of nitrogens with one attached hydrogen (secondary N) is 2.